The minimum atomic E-state index is -3.44. The molecule has 0 unspecified atom stereocenters. The van der Waals surface area contributed by atoms with Crippen LogP contribution < -0.4 is 4.74 Å². The molecule has 1 heterocycles. The molecule has 0 atom stereocenters. The Morgan fingerprint density at radius 2 is 1.86 bits per heavy atom. The van der Waals surface area contributed by atoms with Gasteiger partial charge in [0, 0.05) is 13.1 Å². The maximum Gasteiger partial charge on any atom is 0.298 e. The minimum absolute atomic E-state index is 0.245. The fourth-order valence-corrected chi connectivity index (χ4v) is 4.21. The summed E-state index contributed by atoms with van der Waals surface area (Å²) >= 11 is 0. The molecular weight excluding hydrogens is 290 g/mol. The summed E-state index contributed by atoms with van der Waals surface area (Å²) in [5, 5.41) is 0. The molecular formula is C15H21NO4S. The van der Waals surface area contributed by atoms with Crippen molar-refractivity contribution in [3.63, 3.8) is 0 Å². The van der Waals surface area contributed by atoms with Crippen molar-refractivity contribution in [1.82, 2.24) is 4.31 Å². The van der Waals surface area contributed by atoms with Gasteiger partial charge in [0.15, 0.2) is 0 Å². The Bertz CT molecular complexity index is 560. The van der Waals surface area contributed by atoms with Gasteiger partial charge in [-0.3, -0.25) is 4.79 Å². The molecule has 0 spiro atoms. The maximum absolute atomic E-state index is 12.5. The highest BCUT2D eigenvalue weighted by molar-refractivity contribution is 7.89. The van der Waals surface area contributed by atoms with E-state index in [4.69, 9.17) is 0 Å². The summed E-state index contributed by atoms with van der Waals surface area (Å²) in [7, 11) is -3.44. The number of rotatable bonds is 6. The highest BCUT2D eigenvalue weighted by atomic mass is 32.2. The van der Waals surface area contributed by atoms with Crippen LogP contribution in [0.3, 0.4) is 0 Å². The van der Waals surface area contributed by atoms with Crippen LogP contribution in [-0.4, -0.2) is 32.3 Å². The highest BCUT2D eigenvalue weighted by Crippen LogP contribution is 2.27. The average molecular weight is 311 g/mol. The van der Waals surface area contributed by atoms with Crippen molar-refractivity contribution in [3.8, 4) is 5.75 Å². The lowest BCUT2D eigenvalue weighted by atomic mass is 9.94. The largest absolute Gasteiger partial charge is 0.429 e. The molecule has 2 rings (SSSR count). The van der Waals surface area contributed by atoms with Crippen molar-refractivity contribution in [1.29, 1.82) is 0 Å². The van der Waals surface area contributed by atoms with E-state index in [-0.39, 0.29) is 4.90 Å². The predicted octanol–water partition coefficient (Wildman–Crippen LogP) is 2.42. The Morgan fingerprint density at radius 1 is 1.24 bits per heavy atom. The topological polar surface area (TPSA) is 63.7 Å². The second-order valence-corrected chi connectivity index (χ2v) is 7.26. The van der Waals surface area contributed by atoms with Gasteiger partial charge < -0.3 is 4.74 Å². The Hall–Kier alpha value is -1.40. The Labute approximate surface area is 126 Å². The zero-order valence-electron chi connectivity index (χ0n) is 12.2. The first kappa shape index (κ1) is 16.0. The lowest BCUT2D eigenvalue weighted by Gasteiger charge is -2.31. The SMILES string of the molecule is CCCC1CCN(S(=O)(=O)c2ccc(OC=O)cc2)CC1. The second-order valence-electron chi connectivity index (χ2n) is 5.32. The molecule has 0 bridgehead atoms. The van der Waals surface area contributed by atoms with Gasteiger partial charge in [-0.05, 0) is 43.0 Å². The summed E-state index contributed by atoms with van der Waals surface area (Å²) in [6, 6.07) is 5.94. The van der Waals surface area contributed by atoms with Crippen molar-refractivity contribution in [2.24, 2.45) is 5.92 Å². The lowest BCUT2D eigenvalue weighted by molar-refractivity contribution is -0.120. The van der Waals surface area contributed by atoms with E-state index in [0.717, 1.165) is 19.3 Å². The van der Waals surface area contributed by atoms with Crippen molar-refractivity contribution in [2.75, 3.05) is 13.1 Å². The van der Waals surface area contributed by atoms with E-state index in [0.29, 0.717) is 31.2 Å². The third kappa shape index (κ3) is 3.83. The smallest absolute Gasteiger partial charge is 0.298 e. The zero-order valence-corrected chi connectivity index (χ0v) is 13.0. The van der Waals surface area contributed by atoms with Crippen LogP contribution in [0.4, 0.5) is 0 Å². The third-order valence-corrected chi connectivity index (χ3v) is 5.83. The van der Waals surface area contributed by atoms with Gasteiger partial charge in [-0.25, -0.2) is 8.42 Å². The van der Waals surface area contributed by atoms with E-state index in [9.17, 15) is 13.2 Å². The number of piperidine rings is 1. The lowest BCUT2D eigenvalue weighted by Crippen LogP contribution is -2.38. The first-order valence-electron chi connectivity index (χ1n) is 7.28. The number of benzene rings is 1. The number of carbonyl (C=O) groups excluding carboxylic acids is 1. The van der Waals surface area contributed by atoms with Crippen LogP contribution in [-0.2, 0) is 14.8 Å². The van der Waals surface area contributed by atoms with Crippen LogP contribution in [0.5, 0.6) is 5.75 Å². The molecule has 1 aliphatic heterocycles. The molecule has 1 saturated heterocycles. The Balaban J connectivity index is 2.06. The number of nitrogens with zero attached hydrogens (tertiary/aromatic N) is 1. The molecule has 0 radical (unpaired) electrons. The molecule has 0 N–H and O–H groups in total. The van der Waals surface area contributed by atoms with Gasteiger partial charge in [0.1, 0.15) is 5.75 Å². The summed E-state index contributed by atoms with van der Waals surface area (Å²) in [5.74, 6) is 0.982. The van der Waals surface area contributed by atoms with E-state index in [1.165, 1.54) is 30.7 Å². The molecule has 1 aromatic rings. The van der Waals surface area contributed by atoms with Gasteiger partial charge in [-0.15, -0.1) is 0 Å². The molecule has 1 fully saturated rings. The average Bonchev–Trinajstić information content (AvgIpc) is 2.49. The van der Waals surface area contributed by atoms with Crippen LogP contribution in [0.1, 0.15) is 32.6 Å². The molecule has 21 heavy (non-hydrogen) atoms. The van der Waals surface area contributed by atoms with Gasteiger partial charge in [-0.1, -0.05) is 19.8 Å². The maximum atomic E-state index is 12.5. The molecule has 1 aliphatic rings. The summed E-state index contributed by atoms with van der Waals surface area (Å²) in [6.07, 6.45) is 4.18. The van der Waals surface area contributed by atoms with Gasteiger partial charge in [0.25, 0.3) is 6.47 Å². The summed E-state index contributed by atoms with van der Waals surface area (Å²) in [6.45, 7) is 3.65. The Morgan fingerprint density at radius 3 is 2.38 bits per heavy atom. The number of hydrogen-bond acceptors (Lipinski definition) is 4. The minimum Gasteiger partial charge on any atom is -0.429 e. The van der Waals surface area contributed by atoms with Gasteiger partial charge in [-0.2, -0.15) is 4.31 Å². The number of carbonyl (C=O) groups is 1. The number of hydrogen-bond donors (Lipinski definition) is 0. The van der Waals surface area contributed by atoms with Crippen molar-refractivity contribution >= 4 is 16.5 Å². The Kier molecular flexibility index (Phi) is 5.36. The van der Waals surface area contributed by atoms with Crippen LogP contribution in [0.25, 0.3) is 0 Å². The first-order chi connectivity index (χ1) is 10.1. The van der Waals surface area contributed by atoms with E-state index < -0.39 is 10.0 Å². The van der Waals surface area contributed by atoms with E-state index in [1.54, 1.807) is 4.31 Å². The standard InChI is InChI=1S/C15H21NO4S/c1-2-3-13-8-10-16(11-9-13)21(18,19)15-6-4-14(5-7-15)20-12-17/h4-7,12-13H,2-3,8-11H2,1H3. The fourth-order valence-electron chi connectivity index (χ4n) is 2.74. The number of ether oxygens (including phenoxy) is 1. The predicted molar refractivity (Wildman–Crippen MR) is 79.5 cm³/mol. The summed E-state index contributed by atoms with van der Waals surface area (Å²) < 4.78 is 31.3. The van der Waals surface area contributed by atoms with E-state index in [2.05, 4.69) is 11.7 Å². The normalized spacial score (nSPS) is 17.6. The van der Waals surface area contributed by atoms with Gasteiger partial charge in [0.2, 0.25) is 10.0 Å². The molecule has 0 saturated carbocycles. The van der Waals surface area contributed by atoms with Gasteiger partial charge in [0.05, 0.1) is 4.90 Å². The number of sulfonamides is 1. The molecule has 5 nitrogen and oxygen atoms in total. The molecule has 6 heteroatoms. The van der Waals surface area contributed by atoms with E-state index in [1.807, 2.05) is 0 Å². The molecule has 0 amide bonds. The molecule has 0 aromatic heterocycles. The molecule has 116 valence electrons. The van der Waals surface area contributed by atoms with Crippen molar-refractivity contribution < 1.29 is 17.9 Å². The van der Waals surface area contributed by atoms with Crippen molar-refractivity contribution in [2.45, 2.75) is 37.5 Å². The van der Waals surface area contributed by atoms with Crippen LogP contribution in [0.2, 0.25) is 0 Å². The van der Waals surface area contributed by atoms with Crippen LogP contribution >= 0.6 is 0 Å². The monoisotopic (exact) mass is 311 g/mol. The van der Waals surface area contributed by atoms with Crippen molar-refractivity contribution in [3.05, 3.63) is 24.3 Å². The first-order valence-corrected chi connectivity index (χ1v) is 8.72. The van der Waals surface area contributed by atoms with Crippen LogP contribution in [0, 0.1) is 5.92 Å². The quantitative estimate of drug-likeness (QED) is 0.757. The summed E-state index contributed by atoms with van der Waals surface area (Å²) in [5.41, 5.74) is 0. The zero-order chi connectivity index (χ0) is 15.3. The summed E-state index contributed by atoms with van der Waals surface area (Å²) in [4.78, 5) is 10.5. The fraction of sp³-hybridized carbons (Fsp3) is 0.533. The second kappa shape index (κ2) is 7.04. The highest BCUT2D eigenvalue weighted by Gasteiger charge is 2.28. The molecule has 0 aliphatic carbocycles. The van der Waals surface area contributed by atoms with Gasteiger partial charge >= 0.3 is 0 Å². The van der Waals surface area contributed by atoms with Crippen LogP contribution in [0.15, 0.2) is 29.2 Å². The molecule has 1 aromatic carbocycles. The third-order valence-electron chi connectivity index (χ3n) is 3.92. The van der Waals surface area contributed by atoms with E-state index >= 15 is 0 Å².